The number of carbonyl (C=O) groups excluding carboxylic acids is 2. The van der Waals surface area contributed by atoms with Gasteiger partial charge in [-0.3, -0.25) is 9.59 Å². The Hall–Kier alpha value is -2.64. The number of Topliss-reactive ketones (excluding diaryl/α,β-unsaturated/α-hetero) is 1. The van der Waals surface area contributed by atoms with Crippen LogP contribution >= 0.6 is 15.9 Å². The fraction of sp³-hybridized carbons (Fsp3) is 0.429. The van der Waals surface area contributed by atoms with Crippen molar-refractivity contribution >= 4 is 33.4 Å². The van der Waals surface area contributed by atoms with Crippen LogP contribution in [-0.4, -0.2) is 57.9 Å². The summed E-state index contributed by atoms with van der Waals surface area (Å²) in [6, 6.07) is 12.7. The summed E-state index contributed by atoms with van der Waals surface area (Å²) in [7, 11) is 0. The molecule has 1 unspecified atom stereocenters. The molecule has 0 saturated carbocycles. The highest BCUT2D eigenvalue weighted by Crippen LogP contribution is 2.40. The molecule has 0 spiro atoms. The van der Waals surface area contributed by atoms with Crippen LogP contribution < -0.4 is 0 Å². The number of amides is 1. The van der Waals surface area contributed by atoms with Crippen LogP contribution in [0.5, 0.6) is 5.75 Å². The highest BCUT2D eigenvalue weighted by atomic mass is 79.9. The number of halogens is 1. The van der Waals surface area contributed by atoms with Crippen molar-refractivity contribution in [2.45, 2.75) is 52.0 Å². The van der Waals surface area contributed by atoms with E-state index in [-0.39, 0.29) is 17.1 Å². The third-order valence-corrected chi connectivity index (χ3v) is 6.90. The number of aliphatic hydroxyl groups is 1. The van der Waals surface area contributed by atoms with Gasteiger partial charge in [0.15, 0.2) is 0 Å². The largest absolute Gasteiger partial charge is 0.508 e. The van der Waals surface area contributed by atoms with Gasteiger partial charge in [0.05, 0.1) is 11.6 Å². The number of phenolic OH excluding ortho intramolecular Hbond substituents is 1. The third kappa shape index (κ3) is 6.73. The smallest absolute Gasteiger partial charge is 0.295 e. The number of carbonyl (C=O) groups is 2. The van der Waals surface area contributed by atoms with Gasteiger partial charge in [-0.05, 0) is 68.7 Å². The number of likely N-dealkylation sites (tertiary alicyclic amines) is 1. The van der Waals surface area contributed by atoms with Gasteiger partial charge in [0, 0.05) is 16.6 Å². The summed E-state index contributed by atoms with van der Waals surface area (Å²) in [5.41, 5.74) is 1.11. The van der Waals surface area contributed by atoms with Gasteiger partial charge < -0.3 is 20.0 Å². The van der Waals surface area contributed by atoms with Crippen molar-refractivity contribution in [1.82, 2.24) is 9.80 Å². The summed E-state index contributed by atoms with van der Waals surface area (Å²) < 4.78 is 0.842. The summed E-state index contributed by atoms with van der Waals surface area (Å²) in [5, 5.41) is 21.2. The fourth-order valence-electron chi connectivity index (χ4n) is 4.48. The van der Waals surface area contributed by atoms with Crippen molar-refractivity contribution in [3.8, 4) is 5.75 Å². The average molecular weight is 544 g/mol. The van der Waals surface area contributed by atoms with Gasteiger partial charge in [-0.2, -0.15) is 0 Å². The molecule has 1 aliphatic rings. The van der Waals surface area contributed by atoms with E-state index < -0.39 is 17.7 Å². The molecule has 188 valence electrons. The van der Waals surface area contributed by atoms with E-state index in [9.17, 15) is 19.8 Å². The zero-order valence-corrected chi connectivity index (χ0v) is 22.1. The Morgan fingerprint density at radius 2 is 1.60 bits per heavy atom. The van der Waals surface area contributed by atoms with E-state index in [1.165, 1.54) is 0 Å². The molecule has 0 aromatic heterocycles. The molecule has 1 amide bonds. The SMILES string of the molecule is CCCCN(CCCC)CCCN1C(=O)C(=O)/C(=C(\O)c2ccc(Br)cc2)C1c1cccc(O)c1. The molecule has 7 heteroatoms. The number of aliphatic hydroxyl groups excluding tert-OH is 1. The summed E-state index contributed by atoms with van der Waals surface area (Å²) in [6.45, 7) is 7.62. The summed E-state index contributed by atoms with van der Waals surface area (Å²) in [6.07, 6.45) is 5.24. The number of hydrogen-bond acceptors (Lipinski definition) is 5. The summed E-state index contributed by atoms with van der Waals surface area (Å²) in [5.74, 6) is -1.49. The number of unbranched alkanes of at least 4 members (excludes halogenated alkanes) is 2. The molecule has 2 N–H and O–H groups in total. The quantitative estimate of drug-likeness (QED) is 0.199. The molecule has 1 aliphatic heterocycles. The minimum atomic E-state index is -0.759. The molecule has 1 fully saturated rings. The van der Waals surface area contributed by atoms with Crippen LogP contribution in [0.25, 0.3) is 5.76 Å². The van der Waals surface area contributed by atoms with Gasteiger partial charge >= 0.3 is 0 Å². The molecule has 0 aliphatic carbocycles. The molecule has 0 radical (unpaired) electrons. The summed E-state index contributed by atoms with van der Waals surface area (Å²) in [4.78, 5) is 30.3. The summed E-state index contributed by atoms with van der Waals surface area (Å²) >= 11 is 3.38. The average Bonchev–Trinajstić information content (AvgIpc) is 3.10. The number of rotatable bonds is 12. The lowest BCUT2D eigenvalue weighted by atomic mass is 9.95. The van der Waals surface area contributed by atoms with Gasteiger partial charge in [0.1, 0.15) is 11.5 Å². The topological polar surface area (TPSA) is 81.1 Å². The number of hydrogen-bond donors (Lipinski definition) is 2. The first-order chi connectivity index (χ1) is 16.9. The Bertz CT molecular complexity index is 1040. The molecule has 1 atom stereocenters. The molecular weight excluding hydrogens is 508 g/mol. The maximum absolute atomic E-state index is 13.2. The molecule has 0 bridgehead atoms. The second-order valence-corrected chi connectivity index (χ2v) is 9.91. The lowest BCUT2D eigenvalue weighted by Gasteiger charge is -2.27. The van der Waals surface area contributed by atoms with E-state index in [1.54, 1.807) is 53.4 Å². The van der Waals surface area contributed by atoms with Crippen LogP contribution in [0.2, 0.25) is 0 Å². The van der Waals surface area contributed by atoms with Crippen LogP contribution in [0.15, 0.2) is 58.6 Å². The second-order valence-electron chi connectivity index (χ2n) is 9.00. The Balaban J connectivity index is 1.91. The van der Waals surface area contributed by atoms with Crippen LogP contribution in [0.4, 0.5) is 0 Å². The lowest BCUT2D eigenvalue weighted by molar-refractivity contribution is -0.140. The highest BCUT2D eigenvalue weighted by molar-refractivity contribution is 9.10. The molecule has 6 nitrogen and oxygen atoms in total. The Morgan fingerprint density at radius 3 is 2.20 bits per heavy atom. The molecule has 2 aromatic carbocycles. The number of aromatic hydroxyl groups is 1. The molecule has 1 saturated heterocycles. The standard InChI is InChI=1S/C28H35BrN2O4/c1-3-5-15-30(16-6-4-2)17-8-18-31-25(21-9-7-10-23(32)19-21)24(27(34)28(31)35)26(33)20-11-13-22(29)14-12-20/h7,9-14,19,25,32-33H,3-6,8,15-18H2,1-2H3/b26-24-. The molecule has 2 aromatic rings. The lowest BCUT2D eigenvalue weighted by Crippen LogP contribution is -2.34. The number of phenols is 1. The molecule has 1 heterocycles. The highest BCUT2D eigenvalue weighted by Gasteiger charge is 2.45. The van der Waals surface area contributed by atoms with Gasteiger partial charge in [0.25, 0.3) is 11.7 Å². The van der Waals surface area contributed by atoms with Crippen molar-refractivity contribution < 1.29 is 19.8 Å². The van der Waals surface area contributed by atoms with Crippen molar-refractivity contribution in [2.24, 2.45) is 0 Å². The van der Waals surface area contributed by atoms with Crippen LogP contribution in [0.3, 0.4) is 0 Å². The minimum Gasteiger partial charge on any atom is -0.508 e. The zero-order valence-electron chi connectivity index (χ0n) is 20.5. The fourth-order valence-corrected chi connectivity index (χ4v) is 4.74. The van der Waals surface area contributed by atoms with Gasteiger partial charge in [-0.25, -0.2) is 0 Å². The normalized spacial score (nSPS) is 17.5. The Kier molecular flexibility index (Phi) is 9.93. The minimum absolute atomic E-state index is 0.0436. The van der Waals surface area contributed by atoms with E-state index in [1.807, 2.05) is 0 Å². The van der Waals surface area contributed by atoms with Gasteiger partial charge in [0.2, 0.25) is 0 Å². The van der Waals surface area contributed by atoms with Crippen molar-refractivity contribution in [2.75, 3.05) is 26.2 Å². The van der Waals surface area contributed by atoms with Gasteiger partial charge in [-0.15, -0.1) is 0 Å². The van der Waals surface area contributed by atoms with E-state index in [0.29, 0.717) is 24.1 Å². The maximum Gasteiger partial charge on any atom is 0.295 e. The van der Waals surface area contributed by atoms with E-state index >= 15 is 0 Å². The molecule has 35 heavy (non-hydrogen) atoms. The predicted molar refractivity (Wildman–Crippen MR) is 142 cm³/mol. The van der Waals surface area contributed by atoms with Crippen molar-refractivity contribution in [1.29, 1.82) is 0 Å². The third-order valence-electron chi connectivity index (χ3n) is 6.37. The zero-order chi connectivity index (χ0) is 25.4. The van der Waals surface area contributed by atoms with Gasteiger partial charge in [-0.1, -0.05) is 66.9 Å². The second kappa shape index (κ2) is 12.9. The monoisotopic (exact) mass is 542 g/mol. The van der Waals surface area contributed by atoms with E-state index in [0.717, 1.165) is 49.8 Å². The van der Waals surface area contributed by atoms with Crippen LogP contribution in [0, 0.1) is 0 Å². The number of nitrogens with zero attached hydrogens (tertiary/aromatic N) is 2. The maximum atomic E-state index is 13.2. The van der Waals surface area contributed by atoms with Crippen molar-refractivity contribution in [3.63, 3.8) is 0 Å². The molecule has 3 rings (SSSR count). The first-order valence-electron chi connectivity index (χ1n) is 12.4. The first-order valence-corrected chi connectivity index (χ1v) is 13.2. The Morgan fingerprint density at radius 1 is 0.971 bits per heavy atom. The first kappa shape index (κ1) is 27.0. The number of benzene rings is 2. The predicted octanol–water partition coefficient (Wildman–Crippen LogP) is 5.87. The van der Waals surface area contributed by atoms with E-state index in [4.69, 9.17) is 0 Å². The van der Waals surface area contributed by atoms with E-state index in [2.05, 4.69) is 34.7 Å². The molecular formula is C28H35BrN2O4. The van der Waals surface area contributed by atoms with Crippen molar-refractivity contribution in [3.05, 3.63) is 69.7 Å². The van der Waals surface area contributed by atoms with Crippen LogP contribution in [-0.2, 0) is 9.59 Å². The number of ketones is 1. The Labute approximate surface area is 216 Å². The van der Waals surface area contributed by atoms with Crippen LogP contribution in [0.1, 0.15) is 63.1 Å².